The van der Waals surface area contributed by atoms with Crippen LogP contribution in [0.5, 0.6) is 0 Å². The molecular formula is C51H80N10O8. The SMILES string of the molecule is CNC(C)C(=O)NC(C(=O)NC(CCCCNC(=O)c1cccc(C(=O)NC2CC(C(=O)NC(C)c3ccccc3)N(C(=O)C(NC(=O)C(C)NC)C(C)(C)C)C2)c1)C(=O)NC(C)C(C)C)C(C)C. The van der Waals surface area contributed by atoms with Gasteiger partial charge in [-0.3, -0.25) is 38.4 Å². The number of carbonyl (C=O) groups is 8. The summed E-state index contributed by atoms with van der Waals surface area (Å²) in [7, 11) is 3.29. The van der Waals surface area contributed by atoms with E-state index in [-0.39, 0.29) is 78.7 Å². The lowest BCUT2D eigenvalue weighted by Crippen LogP contribution is -2.59. The quantitative estimate of drug-likeness (QED) is 0.0697. The second kappa shape index (κ2) is 26.8. The van der Waals surface area contributed by atoms with Gasteiger partial charge in [-0.05, 0) is 108 Å². The largest absolute Gasteiger partial charge is 0.352 e. The van der Waals surface area contributed by atoms with E-state index in [1.54, 1.807) is 46.1 Å². The monoisotopic (exact) mass is 961 g/mol. The first-order valence-electron chi connectivity index (χ1n) is 24.3. The Bertz CT molecular complexity index is 2080. The van der Waals surface area contributed by atoms with E-state index in [1.165, 1.54) is 11.0 Å². The molecule has 9 atom stereocenters. The molecule has 0 aromatic heterocycles. The minimum atomic E-state index is -0.983. The molecular weight excluding hydrogens is 881 g/mol. The first-order chi connectivity index (χ1) is 32.4. The third-order valence-corrected chi connectivity index (χ3v) is 12.8. The van der Waals surface area contributed by atoms with E-state index in [0.717, 1.165) is 5.56 Å². The van der Waals surface area contributed by atoms with Crippen molar-refractivity contribution in [3.8, 4) is 0 Å². The van der Waals surface area contributed by atoms with Crippen LogP contribution in [0.3, 0.4) is 0 Å². The summed E-state index contributed by atoms with van der Waals surface area (Å²) in [6.07, 6.45) is 1.32. The van der Waals surface area contributed by atoms with Crippen LogP contribution in [-0.4, -0.2) is 128 Å². The molecule has 18 heteroatoms. The number of amides is 8. The molecule has 2 aromatic rings. The molecule has 1 aliphatic heterocycles. The van der Waals surface area contributed by atoms with Crippen LogP contribution in [-0.2, 0) is 28.8 Å². The number of rotatable bonds is 24. The van der Waals surface area contributed by atoms with E-state index in [0.29, 0.717) is 12.8 Å². The number of carbonyl (C=O) groups excluding carboxylic acids is 8. The van der Waals surface area contributed by atoms with E-state index >= 15 is 0 Å². The minimum Gasteiger partial charge on any atom is -0.352 e. The zero-order valence-electron chi connectivity index (χ0n) is 43.0. The third kappa shape index (κ3) is 17.2. The smallest absolute Gasteiger partial charge is 0.251 e. The first kappa shape index (κ1) is 57.4. The van der Waals surface area contributed by atoms with Crippen molar-refractivity contribution >= 4 is 47.3 Å². The summed E-state index contributed by atoms with van der Waals surface area (Å²) in [5.41, 5.74) is 0.580. The van der Waals surface area contributed by atoms with Crippen molar-refractivity contribution in [1.82, 2.24) is 52.8 Å². The van der Waals surface area contributed by atoms with Gasteiger partial charge in [0.15, 0.2) is 0 Å². The lowest BCUT2D eigenvalue weighted by molar-refractivity contribution is -0.144. The molecule has 9 unspecified atom stereocenters. The molecule has 18 nitrogen and oxygen atoms in total. The summed E-state index contributed by atoms with van der Waals surface area (Å²) < 4.78 is 0. The summed E-state index contributed by atoms with van der Waals surface area (Å²) >= 11 is 0. The minimum absolute atomic E-state index is 0.000354. The Labute approximate surface area is 409 Å². The molecule has 1 saturated heterocycles. The second-order valence-corrected chi connectivity index (χ2v) is 20.0. The number of benzene rings is 2. The number of likely N-dealkylation sites (N-methyl/N-ethyl adjacent to an activating group) is 2. The van der Waals surface area contributed by atoms with Gasteiger partial charge in [0.2, 0.25) is 35.4 Å². The van der Waals surface area contributed by atoms with Crippen molar-refractivity contribution in [3.63, 3.8) is 0 Å². The Kier molecular flexibility index (Phi) is 22.3. The van der Waals surface area contributed by atoms with Crippen molar-refractivity contribution < 1.29 is 38.4 Å². The predicted molar refractivity (Wildman–Crippen MR) is 267 cm³/mol. The molecule has 0 spiro atoms. The zero-order chi connectivity index (χ0) is 51.7. The maximum absolute atomic E-state index is 14.4. The second-order valence-electron chi connectivity index (χ2n) is 20.0. The fourth-order valence-electron chi connectivity index (χ4n) is 7.59. The van der Waals surface area contributed by atoms with E-state index < -0.39 is 77.2 Å². The fourth-order valence-corrected chi connectivity index (χ4v) is 7.59. The highest BCUT2D eigenvalue weighted by molar-refractivity contribution is 6.00. The summed E-state index contributed by atoms with van der Waals surface area (Å²) in [4.78, 5) is 110. The Balaban J connectivity index is 1.71. The van der Waals surface area contributed by atoms with E-state index in [9.17, 15) is 38.4 Å². The topological polar surface area (TPSA) is 248 Å². The Morgan fingerprint density at radius 3 is 1.81 bits per heavy atom. The third-order valence-electron chi connectivity index (χ3n) is 12.8. The van der Waals surface area contributed by atoms with Crippen LogP contribution in [0, 0.1) is 17.3 Å². The Morgan fingerprint density at radius 1 is 0.652 bits per heavy atom. The molecule has 1 aliphatic rings. The van der Waals surface area contributed by atoms with Crippen LogP contribution >= 0.6 is 0 Å². The van der Waals surface area contributed by atoms with Crippen molar-refractivity contribution in [2.24, 2.45) is 17.3 Å². The van der Waals surface area contributed by atoms with Gasteiger partial charge in [0, 0.05) is 36.3 Å². The van der Waals surface area contributed by atoms with Crippen molar-refractivity contribution in [2.75, 3.05) is 27.2 Å². The Morgan fingerprint density at radius 2 is 1.25 bits per heavy atom. The number of hydrogen-bond donors (Lipinski definition) is 9. The van der Waals surface area contributed by atoms with Crippen molar-refractivity contribution in [3.05, 3.63) is 71.3 Å². The maximum atomic E-state index is 14.4. The average Bonchev–Trinajstić information content (AvgIpc) is 3.74. The number of hydrogen-bond acceptors (Lipinski definition) is 10. The van der Waals surface area contributed by atoms with Crippen molar-refractivity contribution in [2.45, 2.75) is 156 Å². The van der Waals surface area contributed by atoms with Gasteiger partial charge >= 0.3 is 0 Å². The van der Waals surface area contributed by atoms with Gasteiger partial charge < -0.3 is 52.8 Å². The highest BCUT2D eigenvalue weighted by Crippen LogP contribution is 2.27. The van der Waals surface area contributed by atoms with E-state index in [2.05, 4.69) is 47.9 Å². The number of nitrogens with one attached hydrogen (secondary N) is 9. The highest BCUT2D eigenvalue weighted by Gasteiger charge is 2.46. The van der Waals surface area contributed by atoms with Crippen LogP contribution in [0.25, 0.3) is 0 Å². The van der Waals surface area contributed by atoms with Gasteiger partial charge in [0.1, 0.15) is 24.2 Å². The van der Waals surface area contributed by atoms with Crippen molar-refractivity contribution in [1.29, 1.82) is 0 Å². The summed E-state index contributed by atoms with van der Waals surface area (Å²) in [6.45, 7) is 20.4. The Hall–Kier alpha value is -5.88. The van der Waals surface area contributed by atoms with Crippen LogP contribution in [0.15, 0.2) is 54.6 Å². The normalized spacial score (nSPS) is 17.9. The molecule has 3 rings (SSSR count). The van der Waals surface area contributed by atoms with Crippen LogP contribution in [0.2, 0.25) is 0 Å². The summed E-state index contributed by atoms with van der Waals surface area (Å²) in [5.74, 6) is -3.39. The van der Waals surface area contributed by atoms with Crippen LogP contribution < -0.4 is 47.9 Å². The molecule has 2 aromatic carbocycles. The maximum Gasteiger partial charge on any atom is 0.251 e. The number of nitrogens with zero attached hydrogens (tertiary/aromatic N) is 1. The first-order valence-corrected chi connectivity index (χ1v) is 24.3. The lowest BCUT2D eigenvalue weighted by atomic mass is 9.85. The molecule has 0 bridgehead atoms. The van der Waals surface area contributed by atoms with Gasteiger partial charge in [-0.2, -0.15) is 0 Å². The van der Waals surface area contributed by atoms with Gasteiger partial charge in [-0.1, -0.05) is 84.9 Å². The van der Waals surface area contributed by atoms with Gasteiger partial charge in [-0.25, -0.2) is 0 Å². The number of unbranched alkanes of at least 4 members (excludes halogenated alkanes) is 1. The molecule has 69 heavy (non-hydrogen) atoms. The molecule has 9 N–H and O–H groups in total. The van der Waals surface area contributed by atoms with Crippen LogP contribution in [0.4, 0.5) is 0 Å². The van der Waals surface area contributed by atoms with E-state index in [4.69, 9.17) is 0 Å². The van der Waals surface area contributed by atoms with Gasteiger partial charge in [0.05, 0.1) is 18.1 Å². The lowest BCUT2D eigenvalue weighted by Gasteiger charge is -2.36. The predicted octanol–water partition coefficient (Wildman–Crippen LogP) is 2.70. The summed E-state index contributed by atoms with van der Waals surface area (Å²) in [5, 5.41) is 26.1. The molecule has 1 heterocycles. The molecule has 0 saturated carbocycles. The highest BCUT2D eigenvalue weighted by atomic mass is 16.2. The van der Waals surface area contributed by atoms with Gasteiger partial charge in [-0.15, -0.1) is 0 Å². The molecule has 8 amide bonds. The molecule has 0 radical (unpaired) electrons. The van der Waals surface area contributed by atoms with E-state index in [1.807, 2.05) is 92.6 Å². The summed E-state index contributed by atoms with van der Waals surface area (Å²) in [6, 6.07) is 9.66. The van der Waals surface area contributed by atoms with Gasteiger partial charge in [0.25, 0.3) is 11.8 Å². The fraction of sp³-hybridized carbons (Fsp3) is 0.608. The van der Waals surface area contributed by atoms with Crippen LogP contribution in [0.1, 0.15) is 134 Å². The molecule has 1 fully saturated rings. The number of likely N-dealkylation sites (tertiary alicyclic amines) is 1. The average molecular weight is 961 g/mol. The zero-order valence-corrected chi connectivity index (χ0v) is 43.0. The molecule has 0 aliphatic carbocycles. The standard InChI is InChI=1S/C51H80N10O8/c1-29(2)31(5)55-47(66)39(58-49(68)41(30(3)4)59-43(62)33(7)52-12)24-17-18-25-54-45(64)36-22-19-23-37(26-36)46(65)57-38-27-40(48(67)56-32(6)35-20-15-14-16-21-35)61(28-38)50(69)42(51(9,10)11)60-44(63)34(8)53-13/h14-16,19-23,26,29-34,38-42,52-53H,17-18,24-25,27-28H2,1-13H3,(H,54,64)(H,55,66)(H,56,67)(H,57,65)(H,58,68)(H,59,62)(H,60,63). The molecule has 382 valence electrons.